The summed E-state index contributed by atoms with van der Waals surface area (Å²) < 4.78 is 12.7. The van der Waals surface area contributed by atoms with Crippen LogP contribution in [0.1, 0.15) is 54.4 Å². The van der Waals surface area contributed by atoms with Gasteiger partial charge in [0, 0.05) is 20.5 Å². The van der Waals surface area contributed by atoms with Gasteiger partial charge in [-0.25, -0.2) is 0 Å². The van der Waals surface area contributed by atoms with E-state index in [0.29, 0.717) is 29.5 Å². The maximum absolute atomic E-state index is 12.5. The lowest BCUT2D eigenvalue weighted by Gasteiger charge is -2.43. The van der Waals surface area contributed by atoms with E-state index in [1.807, 2.05) is 0 Å². The summed E-state index contributed by atoms with van der Waals surface area (Å²) in [5.41, 5.74) is 1.28. The minimum absolute atomic E-state index is 0.143. The Morgan fingerprint density at radius 3 is 1.82 bits per heavy atom. The standard InChI is InChI=1S/C22H43NO4Si/c1-11-13-19(24)21(27-20(14-12-2)22(25)23(9)10)15-26-28(16(3)4,17(5)6)18(7)8/h11-12,16-21,24H,1-2,13-15H2,3-10H3/t19-,20+,21-/m0/s1. The predicted molar refractivity (Wildman–Crippen MR) is 120 cm³/mol. The molecular formula is C22H43NO4Si. The number of aliphatic hydroxyl groups excluding tert-OH is 1. The number of hydrogen-bond donors (Lipinski definition) is 1. The molecule has 0 fully saturated rings. The van der Waals surface area contributed by atoms with Gasteiger partial charge >= 0.3 is 0 Å². The van der Waals surface area contributed by atoms with Crippen LogP contribution in [0.2, 0.25) is 16.6 Å². The summed E-state index contributed by atoms with van der Waals surface area (Å²) >= 11 is 0. The number of likely N-dealkylation sites (N-methyl/N-ethyl adjacent to an activating group) is 1. The van der Waals surface area contributed by atoms with Gasteiger partial charge in [-0.05, 0) is 23.0 Å². The molecule has 0 aliphatic carbocycles. The number of carbonyl (C=O) groups is 1. The summed E-state index contributed by atoms with van der Waals surface area (Å²) in [7, 11) is 1.28. The van der Waals surface area contributed by atoms with Crippen LogP contribution >= 0.6 is 0 Å². The van der Waals surface area contributed by atoms with E-state index in [2.05, 4.69) is 54.7 Å². The second-order valence-corrected chi connectivity index (χ2v) is 14.1. The lowest BCUT2D eigenvalue weighted by Crippen LogP contribution is -2.51. The number of hydrogen-bond acceptors (Lipinski definition) is 4. The molecule has 0 spiro atoms. The summed E-state index contributed by atoms with van der Waals surface area (Å²) in [5.74, 6) is -0.143. The third kappa shape index (κ3) is 7.14. The molecule has 1 amide bonds. The topological polar surface area (TPSA) is 59.0 Å². The van der Waals surface area contributed by atoms with Crippen LogP contribution in [0.5, 0.6) is 0 Å². The third-order valence-electron chi connectivity index (χ3n) is 5.48. The first-order chi connectivity index (χ1) is 12.9. The lowest BCUT2D eigenvalue weighted by molar-refractivity contribution is -0.152. The van der Waals surface area contributed by atoms with Gasteiger partial charge in [-0.3, -0.25) is 4.79 Å². The van der Waals surface area contributed by atoms with Crippen LogP contribution in [0.15, 0.2) is 25.3 Å². The Bertz CT molecular complexity index is 469. The molecule has 0 aromatic heterocycles. The van der Waals surface area contributed by atoms with Crippen LogP contribution in [0.25, 0.3) is 0 Å². The van der Waals surface area contributed by atoms with Crippen LogP contribution in [-0.2, 0) is 14.0 Å². The van der Waals surface area contributed by atoms with Gasteiger partial charge in [-0.15, -0.1) is 13.2 Å². The highest BCUT2D eigenvalue weighted by Crippen LogP contribution is 2.42. The Morgan fingerprint density at radius 1 is 1.00 bits per heavy atom. The SMILES string of the molecule is C=CC[C@@H](O[C@@H](CO[Si](C(C)C)(C(C)C)C(C)C)[C@@H](O)CC=C)C(=O)N(C)C. The summed E-state index contributed by atoms with van der Waals surface area (Å²) in [6, 6.07) is 0. The van der Waals surface area contributed by atoms with Crippen molar-refractivity contribution in [1.29, 1.82) is 0 Å². The molecule has 0 saturated heterocycles. The minimum Gasteiger partial charge on any atom is -0.413 e. The fourth-order valence-electron chi connectivity index (χ4n) is 4.15. The van der Waals surface area contributed by atoms with Crippen molar-refractivity contribution in [1.82, 2.24) is 4.90 Å². The van der Waals surface area contributed by atoms with Crippen LogP contribution in [0.4, 0.5) is 0 Å². The molecule has 0 bridgehead atoms. The molecule has 3 atom stereocenters. The van der Waals surface area contributed by atoms with Gasteiger partial charge in [-0.2, -0.15) is 0 Å². The van der Waals surface area contributed by atoms with E-state index < -0.39 is 26.6 Å². The van der Waals surface area contributed by atoms with Crippen molar-refractivity contribution in [3.8, 4) is 0 Å². The molecule has 164 valence electrons. The molecule has 6 heteroatoms. The Balaban J connectivity index is 5.64. The number of amides is 1. The van der Waals surface area contributed by atoms with E-state index in [9.17, 15) is 9.90 Å². The smallest absolute Gasteiger partial charge is 0.251 e. The summed E-state index contributed by atoms with van der Waals surface area (Å²) in [4.78, 5) is 14.0. The van der Waals surface area contributed by atoms with Gasteiger partial charge in [0.05, 0.1) is 12.7 Å². The van der Waals surface area contributed by atoms with Crippen molar-refractivity contribution in [2.24, 2.45) is 0 Å². The molecule has 0 aliphatic rings. The number of rotatable bonds is 14. The molecule has 0 saturated carbocycles. The van der Waals surface area contributed by atoms with E-state index in [1.54, 1.807) is 26.2 Å². The van der Waals surface area contributed by atoms with Gasteiger partial charge in [0.2, 0.25) is 0 Å². The monoisotopic (exact) mass is 413 g/mol. The van der Waals surface area contributed by atoms with Gasteiger partial charge in [-0.1, -0.05) is 53.7 Å². The molecule has 0 aromatic rings. The normalized spacial score (nSPS) is 15.6. The molecule has 0 unspecified atom stereocenters. The largest absolute Gasteiger partial charge is 0.413 e. The van der Waals surface area contributed by atoms with E-state index in [1.165, 1.54) is 4.90 Å². The zero-order chi connectivity index (χ0) is 22.1. The average molecular weight is 414 g/mol. The number of nitrogens with zero attached hydrogens (tertiary/aromatic N) is 1. The fraction of sp³-hybridized carbons (Fsp3) is 0.773. The number of ether oxygens (including phenoxy) is 1. The molecule has 28 heavy (non-hydrogen) atoms. The van der Waals surface area contributed by atoms with Crippen molar-refractivity contribution in [3.63, 3.8) is 0 Å². The maximum Gasteiger partial charge on any atom is 0.251 e. The van der Waals surface area contributed by atoms with E-state index in [-0.39, 0.29) is 12.5 Å². The highest BCUT2D eigenvalue weighted by Gasteiger charge is 2.46. The fourth-order valence-corrected chi connectivity index (χ4v) is 9.61. The van der Waals surface area contributed by atoms with Gasteiger partial charge < -0.3 is 19.2 Å². The Labute approximate surface area is 173 Å². The van der Waals surface area contributed by atoms with Crippen molar-refractivity contribution in [2.75, 3.05) is 20.7 Å². The molecular weight excluding hydrogens is 370 g/mol. The van der Waals surface area contributed by atoms with Crippen LogP contribution in [0, 0.1) is 0 Å². The van der Waals surface area contributed by atoms with Crippen molar-refractivity contribution in [2.45, 2.75) is 89.3 Å². The second kappa shape index (κ2) is 12.6. The number of carbonyl (C=O) groups excluding carboxylic acids is 1. The van der Waals surface area contributed by atoms with E-state index in [4.69, 9.17) is 9.16 Å². The van der Waals surface area contributed by atoms with E-state index in [0.717, 1.165) is 0 Å². The first kappa shape index (κ1) is 27.0. The highest BCUT2D eigenvalue weighted by molar-refractivity contribution is 6.77. The lowest BCUT2D eigenvalue weighted by atomic mass is 10.1. The molecule has 0 radical (unpaired) electrons. The third-order valence-corrected chi connectivity index (χ3v) is 11.6. The first-order valence-corrected chi connectivity index (χ1v) is 12.5. The van der Waals surface area contributed by atoms with Crippen molar-refractivity contribution >= 4 is 14.2 Å². The van der Waals surface area contributed by atoms with Gasteiger partial charge in [0.15, 0.2) is 8.32 Å². The highest BCUT2D eigenvalue weighted by atomic mass is 28.4. The van der Waals surface area contributed by atoms with Crippen LogP contribution in [-0.4, -0.2) is 63.2 Å². The van der Waals surface area contributed by atoms with Crippen LogP contribution < -0.4 is 0 Å². The van der Waals surface area contributed by atoms with E-state index >= 15 is 0 Å². The number of aliphatic hydroxyl groups is 1. The summed E-state index contributed by atoms with van der Waals surface area (Å²) in [5, 5.41) is 10.6. The molecule has 0 rings (SSSR count). The zero-order valence-electron chi connectivity index (χ0n) is 19.3. The molecule has 0 aromatic carbocycles. The quantitative estimate of drug-likeness (QED) is 0.336. The maximum atomic E-state index is 12.5. The van der Waals surface area contributed by atoms with Gasteiger partial charge in [0.25, 0.3) is 5.91 Å². The Hall–Kier alpha value is -0.953. The Morgan fingerprint density at radius 2 is 1.46 bits per heavy atom. The predicted octanol–water partition coefficient (Wildman–Crippen LogP) is 4.53. The minimum atomic E-state index is -2.11. The molecule has 5 nitrogen and oxygen atoms in total. The Kier molecular flexibility index (Phi) is 12.1. The molecule has 1 N–H and O–H groups in total. The molecule has 0 aliphatic heterocycles. The second-order valence-electron chi connectivity index (χ2n) is 8.64. The zero-order valence-corrected chi connectivity index (χ0v) is 20.3. The summed E-state index contributed by atoms with van der Waals surface area (Å²) in [6.07, 6.45) is 2.02. The average Bonchev–Trinajstić information content (AvgIpc) is 2.58. The van der Waals surface area contributed by atoms with Crippen molar-refractivity contribution < 1.29 is 19.1 Å². The molecule has 0 heterocycles. The van der Waals surface area contributed by atoms with Crippen molar-refractivity contribution in [3.05, 3.63) is 25.3 Å². The van der Waals surface area contributed by atoms with Crippen LogP contribution in [0.3, 0.4) is 0 Å². The van der Waals surface area contributed by atoms with Gasteiger partial charge in [0.1, 0.15) is 12.2 Å². The summed E-state index contributed by atoms with van der Waals surface area (Å²) in [6.45, 7) is 21.0. The first-order valence-electron chi connectivity index (χ1n) is 10.4.